The van der Waals surface area contributed by atoms with Crippen LogP contribution in [0.5, 0.6) is 0 Å². The normalized spacial score (nSPS) is 21.5. The van der Waals surface area contributed by atoms with Crippen molar-refractivity contribution in [2.45, 2.75) is 24.9 Å². The minimum atomic E-state index is -0.957. The van der Waals surface area contributed by atoms with E-state index in [-0.39, 0.29) is 12.5 Å². The van der Waals surface area contributed by atoms with Gasteiger partial charge in [-0.1, -0.05) is 29.4 Å². The second-order valence-corrected chi connectivity index (χ2v) is 6.54. The third-order valence-electron chi connectivity index (χ3n) is 5.07. The lowest BCUT2D eigenvalue weighted by molar-refractivity contribution is -0.132. The summed E-state index contributed by atoms with van der Waals surface area (Å²) in [6.07, 6.45) is 2.88. The maximum Gasteiger partial charge on any atom is 0.325 e. The largest absolute Gasteiger partial charge is 0.461 e. The highest BCUT2D eigenvalue weighted by atomic mass is 16.5. The fourth-order valence-electron chi connectivity index (χ4n) is 3.82. The summed E-state index contributed by atoms with van der Waals surface area (Å²) in [5, 5.41) is 6.86. The molecule has 5 rings (SSSR count). The fraction of sp³-hybridized carbons (Fsp3) is 0.211. The minimum Gasteiger partial charge on any atom is -0.461 e. The summed E-state index contributed by atoms with van der Waals surface area (Å²) >= 11 is 0. The number of aromatic nitrogens is 1. The van der Waals surface area contributed by atoms with Gasteiger partial charge in [-0.2, -0.15) is 0 Å². The molecule has 7 heteroatoms. The molecular weight excluding hydrogens is 334 g/mol. The molecule has 1 aliphatic heterocycles. The van der Waals surface area contributed by atoms with E-state index >= 15 is 0 Å². The molecule has 1 atom stereocenters. The monoisotopic (exact) mass is 349 g/mol. The maximum atomic E-state index is 13.1. The fourth-order valence-corrected chi connectivity index (χ4v) is 3.82. The summed E-state index contributed by atoms with van der Waals surface area (Å²) in [5.41, 5.74) is 1.52. The predicted molar refractivity (Wildman–Crippen MR) is 89.7 cm³/mol. The van der Waals surface area contributed by atoms with Gasteiger partial charge in [-0.15, -0.1) is 0 Å². The maximum absolute atomic E-state index is 13.1. The molecular formula is C19H15N3O4. The zero-order valence-electron chi connectivity index (χ0n) is 13.8. The summed E-state index contributed by atoms with van der Waals surface area (Å²) < 4.78 is 10.5. The first-order chi connectivity index (χ1) is 12.7. The van der Waals surface area contributed by atoms with E-state index < -0.39 is 11.6 Å². The number of amides is 3. The number of fused-ring (bicyclic) bond motifs is 2. The number of carbonyl (C=O) groups excluding carboxylic acids is 2. The first-order valence-corrected chi connectivity index (χ1v) is 8.39. The number of nitrogens with one attached hydrogen (secondary N) is 1. The first-order valence-electron chi connectivity index (χ1n) is 8.39. The smallest absolute Gasteiger partial charge is 0.325 e. The second kappa shape index (κ2) is 5.32. The number of imide groups is 1. The Bertz CT molecular complexity index is 1010. The quantitative estimate of drug-likeness (QED) is 0.735. The number of carbonyl (C=O) groups is 2. The van der Waals surface area contributed by atoms with Gasteiger partial charge in [0, 0.05) is 6.07 Å². The van der Waals surface area contributed by atoms with Crippen LogP contribution in [-0.4, -0.2) is 22.0 Å². The zero-order chi connectivity index (χ0) is 17.7. The highest BCUT2D eigenvalue weighted by Crippen LogP contribution is 2.41. The topological polar surface area (TPSA) is 88.6 Å². The van der Waals surface area contributed by atoms with Crippen LogP contribution in [0.25, 0.3) is 11.5 Å². The molecule has 1 aliphatic carbocycles. The van der Waals surface area contributed by atoms with Gasteiger partial charge in [0.25, 0.3) is 5.91 Å². The van der Waals surface area contributed by atoms with E-state index in [2.05, 4.69) is 10.5 Å². The summed E-state index contributed by atoms with van der Waals surface area (Å²) in [7, 11) is 0. The third kappa shape index (κ3) is 2.03. The Labute approximate surface area is 148 Å². The lowest BCUT2D eigenvalue weighted by Crippen LogP contribution is -2.41. The number of hydrogen-bond acceptors (Lipinski definition) is 5. The number of nitrogens with zero attached hydrogens (tertiary/aromatic N) is 2. The molecule has 3 aromatic rings. The molecule has 2 aliphatic rings. The molecule has 26 heavy (non-hydrogen) atoms. The molecule has 1 spiro atoms. The highest BCUT2D eigenvalue weighted by Gasteiger charge is 2.55. The van der Waals surface area contributed by atoms with E-state index in [1.165, 1.54) is 11.2 Å². The average molecular weight is 349 g/mol. The van der Waals surface area contributed by atoms with Crippen molar-refractivity contribution in [3.63, 3.8) is 0 Å². The Balaban J connectivity index is 1.43. The number of furan rings is 1. The van der Waals surface area contributed by atoms with Gasteiger partial charge in [-0.25, -0.2) is 4.79 Å². The van der Waals surface area contributed by atoms with Gasteiger partial charge in [0.2, 0.25) is 5.76 Å². The Morgan fingerprint density at radius 1 is 1.15 bits per heavy atom. The van der Waals surface area contributed by atoms with Crippen molar-refractivity contribution in [3.05, 3.63) is 65.5 Å². The van der Waals surface area contributed by atoms with E-state index in [4.69, 9.17) is 8.94 Å². The van der Waals surface area contributed by atoms with Gasteiger partial charge in [-0.05, 0) is 36.1 Å². The van der Waals surface area contributed by atoms with Gasteiger partial charge < -0.3 is 14.3 Å². The Morgan fingerprint density at radius 2 is 2.04 bits per heavy atom. The van der Waals surface area contributed by atoms with E-state index in [0.29, 0.717) is 23.6 Å². The van der Waals surface area contributed by atoms with Crippen molar-refractivity contribution in [1.29, 1.82) is 0 Å². The van der Waals surface area contributed by atoms with Crippen LogP contribution in [0.2, 0.25) is 0 Å². The van der Waals surface area contributed by atoms with Gasteiger partial charge in [0.15, 0.2) is 5.76 Å². The first kappa shape index (κ1) is 14.9. The number of urea groups is 1. The van der Waals surface area contributed by atoms with Gasteiger partial charge in [0.1, 0.15) is 11.2 Å². The van der Waals surface area contributed by atoms with Crippen LogP contribution in [0, 0.1) is 0 Å². The highest BCUT2D eigenvalue weighted by molar-refractivity contribution is 6.08. The number of aryl methyl sites for hydroxylation is 1. The summed E-state index contributed by atoms with van der Waals surface area (Å²) in [6, 6.07) is 12.5. The lowest BCUT2D eigenvalue weighted by Gasteiger charge is -2.22. The van der Waals surface area contributed by atoms with Gasteiger partial charge >= 0.3 is 6.03 Å². The molecule has 3 amide bonds. The SMILES string of the molecule is O=C1N[C@@]2(CCc3ccccc32)C(=O)N1Cc1cc(-c2ccco2)on1. The van der Waals surface area contributed by atoms with E-state index in [1.54, 1.807) is 18.2 Å². The van der Waals surface area contributed by atoms with Crippen molar-refractivity contribution in [3.8, 4) is 11.5 Å². The van der Waals surface area contributed by atoms with Crippen molar-refractivity contribution in [2.24, 2.45) is 0 Å². The van der Waals surface area contributed by atoms with Crippen LogP contribution in [-0.2, 0) is 23.3 Å². The van der Waals surface area contributed by atoms with Crippen LogP contribution in [0.4, 0.5) is 4.79 Å². The molecule has 0 saturated carbocycles. The van der Waals surface area contributed by atoms with Crippen LogP contribution < -0.4 is 5.32 Å². The number of rotatable bonds is 3. The lowest BCUT2D eigenvalue weighted by atomic mass is 9.92. The Hall–Kier alpha value is -3.35. The Morgan fingerprint density at radius 3 is 2.88 bits per heavy atom. The molecule has 7 nitrogen and oxygen atoms in total. The molecule has 1 fully saturated rings. The average Bonchev–Trinajstić information content (AvgIpc) is 3.41. The molecule has 0 radical (unpaired) electrons. The van der Waals surface area contributed by atoms with Crippen molar-refractivity contribution < 1.29 is 18.5 Å². The molecule has 130 valence electrons. The van der Waals surface area contributed by atoms with Crippen molar-refractivity contribution >= 4 is 11.9 Å². The summed E-state index contributed by atoms with van der Waals surface area (Å²) in [5.74, 6) is 0.759. The van der Waals surface area contributed by atoms with Gasteiger partial charge in [0.05, 0.1) is 12.8 Å². The van der Waals surface area contributed by atoms with E-state index in [1.807, 2.05) is 24.3 Å². The zero-order valence-corrected chi connectivity index (χ0v) is 13.8. The summed E-state index contributed by atoms with van der Waals surface area (Å²) in [6.45, 7) is 0.0544. The number of benzene rings is 1. The Kier molecular flexibility index (Phi) is 3.06. The van der Waals surface area contributed by atoms with Crippen LogP contribution in [0.3, 0.4) is 0 Å². The van der Waals surface area contributed by atoms with E-state index in [0.717, 1.165) is 17.5 Å². The molecule has 0 unspecified atom stereocenters. The minimum absolute atomic E-state index is 0.0544. The molecule has 1 aromatic carbocycles. The molecule has 2 aromatic heterocycles. The van der Waals surface area contributed by atoms with E-state index in [9.17, 15) is 9.59 Å². The molecule has 1 saturated heterocycles. The molecule has 0 bridgehead atoms. The third-order valence-corrected chi connectivity index (χ3v) is 5.07. The summed E-state index contributed by atoms with van der Waals surface area (Å²) in [4.78, 5) is 26.8. The molecule has 3 heterocycles. The van der Waals surface area contributed by atoms with Gasteiger partial charge in [-0.3, -0.25) is 9.69 Å². The van der Waals surface area contributed by atoms with Crippen molar-refractivity contribution in [1.82, 2.24) is 15.4 Å². The van der Waals surface area contributed by atoms with Crippen LogP contribution in [0.1, 0.15) is 23.2 Å². The number of hydrogen-bond donors (Lipinski definition) is 1. The van der Waals surface area contributed by atoms with Crippen molar-refractivity contribution in [2.75, 3.05) is 0 Å². The van der Waals surface area contributed by atoms with Crippen LogP contribution >= 0.6 is 0 Å². The second-order valence-electron chi connectivity index (χ2n) is 6.54. The standard InChI is InChI=1S/C19H15N3O4/c23-17-19(8-7-12-4-1-2-5-14(12)19)20-18(24)22(17)11-13-10-16(26-21-13)15-6-3-9-25-15/h1-6,9-10H,7-8,11H2,(H,20,24)/t19-/m1/s1. The predicted octanol–water partition coefficient (Wildman–Crippen LogP) is 2.83. The van der Waals surface area contributed by atoms with Crippen LogP contribution in [0.15, 0.2) is 57.7 Å². The molecule has 1 N–H and O–H groups in total.